The predicted octanol–water partition coefficient (Wildman–Crippen LogP) is 1.88. The maximum Gasteiger partial charge on any atom is 0.231 e. The normalized spacial score (nSPS) is 12.3. The first kappa shape index (κ1) is 12.5. The van der Waals surface area contributed by atoms with Crippen LogP contribution in [0.25, 0.3) is 0 Å². The van der Waals surface area contributed by atoms with E-state index in [1.165, 1.54) is 0 Å². The molecule has 1 aromatic carbocycles. The van der Waals surface area contributed by atoms with Gasteiger partial charge in [0.25, 0.3) is 0 Å². The van der Waals surface area contributed by atoms with E-state index in [-0.39, 0.29) is 6.79 Å². The van der Waals surface area contributed by atoms with Gasteiger partial charge in [0.1, 0.15) is 5.82 Å². The Morgan fingerprint density at radius 2 is 2.15 bits per heavy atom. The molecule has 0 radical (unpaired) electrons. The van der Waals surface area contributed by atoms with E-state index in [2.05, 4.69) is 15.3 Å². The molecule has 6 nitrogen and oxygen atoms in total. The fraction of sp³-hybridized carbons (Fsp3) is 0.286. The van der Waals surface area contributed by atoms with Gasteiger partial charge in [-0.3, -0.25) is 0 Å². The topological polar surface area (TPSA) is 59.5 Å². The van der Waals surface area contributed by atoms with Gasteiger partial charge in [0, 0.05) is 32.4 Å². The molecule has 0 spiro atoms. The molecular formula is C14H16N4O2. The maximum absolute atomic E-state index is 5.48. The zero-order valence-corrected chi connectivity index (χ0v) is 11.5. The van der Waals surface area contributed by atoms with Gasteiger partial charge in [-0.15, -0.1) is 0 Å². The smallest absolute Gasteiger partial charge is 0.231 e. The SMILES string of the molecule is CN(C)c1nccc(NCc2cccc3c2OCO3)n1. The molecule has 1 aliphatic rings. The lowest BCUT2D eigenvalue weighted by Crippen LogP contribution is -2.13. The van der Waals surface area contributed by atoms with Gasteiger partial charge in [-0.25, -0.2) is 4.98 Å². The Kier molecular flexibility index (Phi) is 3.28. The van der Waals surface area contributed by atoms with Crippen molar-refractivity contribution in [3.8, 4) is 11.5 Å². The summed E-state index contributed by atoms with van der Waals surface area (Å²) in [6, 6.07) is 7.71. The van der Waals surface area contributed by atoms with Crippen LogP contribution in [0, 0.1) is 0 Å². The van der Waals surface area contributed by atoms with Crippen LogP contribution < -0.4 is 19.7 Å². The van der Waals surface area contributed by atoms with Crippen LogP contribution >= 0.6 is 0 Å². The highest BCUT2D eigenvalue weighted by molar-refractivity contribution is 5.50. The van der Waals surface area contributed by atoms with E-state index in [1.807, 2.05) is 43.3 Å². The van der Waals surface area contributed by atoms with Crippen molar-refractivity contribution in [2.75, 3.05) is 31.1 Å². The molecule has 2 aromatic rings. The van der Waals surface area contributed by atoms with E-state index in [0.29, 0.717) is 12.5 Å². The van der Waals surface area contributed by atoms with Gasteiger partial charge in [0.2, 0.25) is 12.7 Å². The number of hydrogen-bond acceptors (Lipinski definition) is 6. The van der Waals surface area contributed by atoms with Gasteiger partial charge in [-0.1, -0.05) is 12.1 Å². The van der Waals surface area contributed by atoms with E-state index in [9.17, 15) is 0 Å². The lowest BCUT2D eigenvalue weighted by atomic mass is 10.2. The number of rotatable bonds is 4. The molecule has 0 amide bonds. The van der Waals surface area contributed by atoms with E-state index >= 15 is 0 Å². The first-order chi connectivity index (χ1) is 9.74. The summed E-state index contributed by atoms with van der Waals surface area (Å²) in [6.45, 7) is 0.904. The van der Waals surface area contributed by atoms with Crippen molar-refractivity contribution in [1.82, 2.24) is 9.97 Å². The van der Waals surface area contributed by atoms with Crippen molar-refractivity contribution >= 4 is 11.8 Å². The van der Waals surface area contributed by atoms with Crippen LogP contribution in [-0.2, 0) is 6.54 Å². The predicted molar refractivity (Wildman–Crippen MR) is 76.3 cm³/mol. The molecule has 0 atom stereocenters. The number of hydrogen-bond donors (Lipinski definition) is 1. The molecule has 0 bridgehead atoms. The Balaban J connectivity index is 1.74. The van der Waals surface area contributed by atoms with Crippen molar-refractivity contribution in [3.05, 3.63) is 36.0 Å². The third kappa shape index (κ3) is 2.45. The third-order valence-corrected chi connectivity index (χ3v) is 2.98. The Labute approximate surface area is 117 Å². The number of benzene rings is 1. The standard InChI is InChI=1S/C14H16N4O2/c1-18(2)14-15-7-6-12(17-14)16-8-10-4-3-5-11-13(10)20-9-19-11/h3-7H,8-9H2,1-2H3,(H,15,16,17). The second kappa shape index (κ2) is 5.24. The molecule has 0 saturated heterocycles. The van der Waals surface area contributed by atoms with Crippen LogP contribution in [0.4, 0.5) is 11.8 Å². The Morgan fingerprint density at radius 3 is 3.00 bits per heavy atom. The second-order valence-electron chi connectivity index (χ2n) is 4.64. The van der Waals surface area contributed by atoms with E-state index < -0.39 is 0 Å². The van der Waals surface area contributed by atoms with Crippen molar-refractivity contribution in [1.29, 1.82) is 0 Å². The molecule has 0 saturated carbocycles. The summed E-state index contributed by atoms with van der Waals surface area (Å²) in [7, 11) is 3.82. The average Bonchev–Trinajstić information content (AvgIpc) is 2.94. The number of nitrogens with one attached hydrogen (secondary N) is 1. The maximum atomic E-state index is 5.48. The van der Waals surface area contributed by atoms with E-state index in [4.69, 9.17) is 9.47 Å². The molecule has 0 aliphatic carbocycles. The lowest BCUT2D eigenvalue weighted by Gasteiger charge is -2.12. The van der Waals surface area contributed by atoms with Crippen molar-refractivity contribution in [2.24, 2.45) is 0 Å². The Hall–Kier alpha value is -2.50. The van der Waals surface area contributed by atoms with E-state index in [0.717, 1.165) is 22.9 Å². The number of fused-ring (bicyclic) bond motifs is 1. The number of ether oxygens (including phenoxy) is 2. The summed E-state index contributed by atoms with van der Waals surface area (Å²) < 4.78 is 10.8. The highest BCUT2D eigenvalue weighted by Gasteiger charge is 2.16. The summed E-state index contributed by atoms with van der Waals surface area (Å²) in [6.07, 6.45) is 1.74. The van der Waals surface area contributed by atoms with Gasteiger partial charge in [0.05, 0.1) is 0 Å². The molecule has 104 valence electrons. The molecular weight excluding hydrogens is 256 g/mol. The van der Waals surface area contributed by atoms with Gasteiger partial charge in [0.15, 0.2) is 11.5 Å². The largest absolute Gasteiger partial charge is 0.454 e. The highest BCUT2D eigenvalue weighted by Crippen LogP contribution is 2.35. The van der Waals surface area contributed by atoms with Crippen LogP contribution in [0.2, 0.25) is 0 Å². The van der Waals surface area contributed by atoms with Gasteiger partial charge in [-0.05, 0) is 12.1 Å². The number of nitrogens with zero attached hydrogens (tertiary/aromatic N) is 3. The van der Waals surface area contributed by atoms with Crippen molar-refractivity contribution in [2.45, 2.75) is 6.54 Å². The lowest BCUT2D eigenvalue weighted by molar-refractivity contribution is 0.173. The summed E-state index contributed by atoms with van der Waals surface area (Å²) in [5, 5.41) is 3.27. The molecule has 0 unspecified atom stereocenters. The first-order valence-electron chi connectivity index (χ1n) is 6.36. The molecule has 6 heteroatoms. The minimum atomic E-state index is 0.282. The van der Waals surface area contributed by atoms with Gasteiger partial charge >= 0.3 is 0 Å². The van der Waals surface area contributed by atoms with Crippen LogP contribution in [-0.4, -0.2) is 30.9 Å². The van der Waals surface area contributed by atoms with Crippen molar-refractivity contribution < 1.29 is 9.47 Å². The van der Waals surface area contributed by atoms with E-state index in [1.54, 1.807) is 6.20 Å². The molecule has 3 rings (SSSR count). The Bertz CT molecular complexity index is 616. The van der Waals surface area contributed by atoms with Crippen LogP contribution in [0.15, 0.2) is 30.5 Å². The highest BCUT2D eigenvalue weighted by atomic mass is 16.7. The quantitative estimate of drug-likeness (QED) is 0.917. The Morgan fingerprint density at radius 1 is 1.25 bits per heavy atom. The number of para-hydroxylation sites is 1. The molecule has 1 aliphatic heterocycles. The summed E-state index contributed by atoms with van der Waals surface area (Å²) in [5.74, 6) is 3.05. The number of anilines is 2. The first-order valence-corrected chi connectivity index (χ1v) is 6.36. The van der Waals surface area contributed by atoms with Crippen molar-refractivity contribution in [3.63, 3.8) is 0 Å². The third-order valence-electron chi connectivity index (χ3n) is 2.98. The molecule has 0 fully saturated rings. The van der Waals surface area contributed by atoms with Crippen LogP contribution in [0.1, 0.15) is 5.56 Å². The monoisotopic (exact) mass is 272 g/mol. The van der Waals surface area contributed by atoms with Crippen LogP contribution in [0.5, 0.6) is 11.5 Å². The second-order valence-corrected chi connectivity index (χ2v) is 4.64. The molecule has 20 heavy (non-hydrogen) atoms. The minimum absolute atomic E-state index is 0.282. The minimum Gasteiger partial charge on any atom is -0.454 e. The molecule has 1 N–H and O–H groups in total. The summed E-state index contributed by atoms with van der Waals surface area (Å²) >= 11 is 0. The number of aromatic nitrogens is 2. The fourth-order valence-electron chi connectivity index (χ4n) is 1.98. The molecule has 1 aromatic heterocycles. The zero-order valence-electron chi connectivity index (χ0n) is 11.5. The molecule has 2 heterocycles. The van der Waals surface area contributed by atoms with Gasteiger partial charge < -0.3 is 19.7 Å². The van der Waals surface area contributed by atoms with Crippen LogP contribution in [0.3, 0.4) is 0 Å². The summed E-state index contributed by atoms with van der Waals surface area (Å²) in [5.41, 5.74) is 1.05. The summed E-state index contributed by atoms with van der Waals surface area (Å²) in [4.78, 5) is 10.5. The zero-order chi connectivity index (χ0) is 13.9. The van der Waals surface area contributed by atoms with Gasteiger partial charge in [-0.2, -0.15) is 4.98 Å². The fourth-order valence-corrected chi connectivity index (χ4v) is 1.98. The average molecular weight is 272 g/mol.